The summed E-state index contributed by atoms with van der Waals surface area (Å²) in [7, 11) is 0. The fourth-order valence-corrected chi connectivity index (χ4v) is 4.35. The molecule has 0 bridgehead atoms. The van der Waals surface area contributed by atoms with Crippen molar-refractivity contribution in [1.82, 2.24) is 4.90 Å². The van der Waals surface area contributed by atoms with Crippen LogP contribution in [0.5, 0.6) is 5.75 Å². The van der Waals surface area contributed by atoms with Crippen LogP contribution < -0.4 is 4.74 Å². The summed E-state index contributed by atoms with van der Waals surface area (Å²) < 4.78 is 16.2. The van der Waals surface area contributed by atoms with Crippen molar-refractivity contribution >= 4 is 23.5 Å². The lowest BCUT2D eigenvalue weighted by Gasteiger charge is -2.25. The van der Waals surface area contributed by atoms with Crippen LogP contribution in [0.2, 0.25) is 0 Å². The monoisotopic (exact) mass is 488 g/mol. The Kier molecular flexibility index (Phi) is 6.17. The summed E-state index contributed by atoms with van der Waals surface area (Å²) in [5.41, 5.74) is 1.71. The molecular weight excluding hydrogens is 468 g/mol. The number of hydrogen-bond acceptors (Lipinski definition) is 8. The number of esters is 1. The molecule has 0 N–H and O–H groups in total. The van der Waals surface area contributed by atoms with Gasteiger partial charge in [0.2, 0.25) is 0 Å². The highest BCUT2D eigenvalue weighted by molar-refractivity contribution is 6.22. The van der Waals surface area contributed by atoms with E-state index in [0.29, 0.717) is 11.3 Å². The third kappa shape index (κ3) is 4.29. The van der Waals surface area contributed by atoms with Crippen LogP contribution >= 0.6 is 0 Å². The molecule has 0 aliphatic carbocycles. The molecule has 3 aromatic carbocycles. The van der Waals surface area contributed by atoms with E-state index in [9.17, 15) is 24.5 Å². The topological polar surface area (TPSA) is 125 Å². The second kappa shape index (κ2) is 9.59. The first-order valence-corrected chi connectivity index (χ1v) is 11.1. The maximum absolute atomic E-state index is 13.4. The number of imide groups is 1. The summed E-state index contributed by atoms with van der Waals surface area (Å²) >= 11 is 0. The highest BCUT2D eigenvalue weighted by Gasteiger charge is 2.43. The molecule has 10 nitrogen and oxygen atoms in total. The summed E-state index contributed by atoms with van der Waals surface area (Å²) in [5, 5.41) is 11.4. The molecule has 182 valence electrons. The van der Waals surface area contributed by atoms with E-state index in [1.807, 2.05) is 6.07 Å². The minimum atomic E-state index is -1.24. The minimum absolute atomic E-state index is 0.0442. The highest BCUT2D eigenvalue weighted by Crippen LogP contribution is 2.33. The number of benzene rings is 3. The van der Waals surface area contributed by atoms with Gasteiger partial charge in [0.15, 0.2) is 6.79 Å². The molecule has 0 saturated heterocycles. The third-order valence-electron chi connectivity index (χ3n) is 6.03. The lowest BCUT2D eigenvalue weighted by molar-refractivity contribution is -0.385. The van der Waals surface area contributed by atoms with Gasteiger partial charge in [-0.1, -0.05) is 42.5 Å². The fourth-order valence-electron chi connectivity index (χ4n) is 4.35. The number of amides is 2. The second-order valence-corrected chi connectivity index (χ2v) is 8.30. The Labute approximate surface area is 205 Å². The van der Waals surface area contributed by atoms with E-state index < -0.39 is 28.7 Å². The van der Waals surface area contributed by atoms with Crippen LogP contribution in [-0.2, 0) is 33.9 Å². The first kappa shape index (κ1) is 23.2. The highest BCUT2D eigenvalue weighted by atomic mass is 16.7. The molecule has 0 radical (unpaired) electrons. The predicted molar refractivity (Wildman–Crippen MR) is 124 cm³/mol. The first-order chi connectivity index (χ1) is 17.4. The number of fused-ring (bicyclic) bond motifs is 2. The molecule has 1 atom stereocenters. The second-order valence-electron chi connectivity index (χ2n) is 8.30. The van der Waals surface area contributed by atoms with E-state index in [-0.39, 0.29) is 48.8 Å². The maximum atomic E-state index is 13.4. The molecule has 2 aliphatic rings. The molecule has 0 fully saturated rings. The van der Waals surface area contributed by atoms with Gasteiger partial charge in [-0.05, 0) is 17.7 Å². The van der Waals surface area contributed by atoms with E-state index in [1.165, 1.54) is 24.3 Å². The molecule has 10 heteroatoms. The molecule has 2 heterocycles. The number of ether oxygens (including phenoxy) is 3. The standard InChI is InChI=1S/C26H20N2O8/c29-24-20-8-4-5-9-21(20)25(30)27(24)22(10-16-6-2-1-3-7-16)26(31)35-14-18-12-19(28(32)33)11-17-13-34-15-36-23(17)18/h1-9,11-12,22H,10,13-15H2/t22-/m0/s1. The summed E-state index contributed by atoms with van der Waals surface area (Å²) in [4.78, 5) is 51.3. The van der Waals surface area contributed by atoms with Gasteiger partial charge in [0.25, 0.3) is 17.5 Å². The van der Waals surface area contributed by atoms with Crippen molar-refractivity contribution < 1.29 is 33.5 Å². The minimum Gasteiger partial charge on any atom is -0.467 e. The molecule has 3 aromatic rings. The molecular formula is C26H20N2O8. The van der Waals surface area contributed by atoms with Crippen LogP contribution in [-0.4, -0.2) is 40.4 Å². The Hall–Kier alpha value is -4.57. The maximum Gasteiger partial charge on any atom is 0.330 e. The number of hydrogen-bond donors (Lipinski definition) is 0. The van der Waals surface area contributed by atoms with Crippen molar-refractivity contribution in [3.8, 4) is 5.75 Å². The Bertz CT molecular complexity index is 1340. The van der Waals surface area contributed by atoms with Crippen molar-refractivity contribution in [2.45, 2.75) is 25.7 Å². The van der Waals surface area contributed by atoms with Crippen LogP contribution in [0, 0.1) is 10.1 Å². The lowest BCUT2D eigenvalue weighted by atomic mass is 10.0. The molecule has 0 spiro atoms. The molecule has 5 rings (SSSR count). The number of carbonyl (C=O) groups excluding carboxylic acids is 3. The van der Waals surface area contributed by atoms with Crippen molar-refractivity contribution in [2.24, 2.45) is 0 Å². The van der Waals surface area contributed by atoms with Gasteiger partial charge in [-0.3, -0.25) is 24.6 Å². The number of non-ortho nitro benzene ring substituents is 1. The third-order valence-corrected chi connectivity index (χ3v) is 6.03. The van der Waals surface area contributed by atoms with Crippen LogP contribution in [0.3, 0.4) is 0 Å². The Balaban J connectivity index is 1.44. The zero-order valence-corrected chi connectivity index (χ0v) is 18.9. The number of nitro benzene ring substituents is 1. The first-order valence-electron chi connectivity index (χ1n) is 11.1. The summed E-state index contributed by atoms with van der Waals surface area (Å²) in [5.74, 6) is -1.64. The zero-order chi connectivity index (χ0) is 25.2. The van der Waals surface area contributed by atoms with E-state index in [4.69, 9.17) is 14.2 Å². The van der Waals surface area contributed by atoms with Crippen LogP contribution in [0.15, 0.2) is 66.7 Å². The summed E-state index contributed by atoms with van der Waals surface area (Å²) in [6.45, 7) is -0.279. The molecule has 2 amide bonds. The van der Waals surface area contributed by atoms with E-state index in [0.717, 1.165) is 10.5 Å². The van der Waals surface area contributed by atoms with Crippen LogP contribution in [0.25, 0.3) is 0 Å². The quantitative estimate of drug-likeness (QED) is 0.214. The van der Waals surface area contributed by atoms with Gasteiger partial charge in [0.1, 0.15) is 18.4 Å². The van der Waals surface area contributed by atoms with Gasteiger partial charge in [-0.25, -0.2) is 4.79 Å². The Morgan fingerprint density at radius 2 is 1.69 bits per heavy atom. The Morgan fingerprint density at radius 3 is 2.36 bits per heavy atom. The van der Waals surface area contributed by atoms with Gasteiger partial charge >= 0.3 is 5.97 Å². The van der Waals surface area contributed by atoms with Gasteiger partial charge in [0, 0.05) is 29.7 Å². The molecule has 0 aromatic heterocycles. The summed E-state index contributed by atoms with van der Waals surface area (Å²) in [6.07, 6.45) is 0.0442. The van der Waals surface area contributed by atoms with Gasteiger partial charge in [-0.2, -0.15) is 0 Å². The fraction of sp³-hybridized carbons (Fsp3) is 0.192. The molecule has 2 aliphatic heterocycles. The van der Waals surface area contributed by atoms with Gasteiger partial charge in [-0.15, -0.1) is 0 Å². The van der Waals surface area contributed by atoms with Crippen molar-refractivity contribution in [3.63, 3.8) is 0 Å². The molecule has 0 saturated carbocycles. The van der Waals surface area contributed by atoms with Crippen LogP contribution in [0.4, 0.5) is 5.69 Å². The average Bonchev–Trinajstić information content (AvgIpc) is 3.15. The number of nitro groups is 1. The summed E-state index contributed by atoms with van der Waals surface area (Å²) in [6, 6.07) is 16.7. The zero-order valence-electron chi connectivity index (χ0n) is 18.9. The van der Waals surface area contributed by atoms with Crippen molar-refractivity contribution in [3.05, 3.63) is 105 Å². The predicted octanol–water partition coefficient (Wildman–Crippen LogP) is 3.41. The lowest BCUT2D eigenvalue weighted by Crippen LogP contribution is -2.47. The van der Waals surface area contributed by atoms with Crippen LogP contribution in [0.1, 0.15) is 37.4 Å². The van der Waals surface area contributed by atoms with E-state index in [1.54, 1.807) is 36.4 Å². The van der Waals surface area contributed by atoms with E-state index in [2.05, 4.69) is 0 Å². The van der Waals surface area contributed by atoms with Gasteiger partial charge < -0.3 is 14.2 Å². The molecule has 36 heavy (non-hydrogen) atoms. The Morgan fingerprint density at radius 1 is 1.03 bits per heavy atom. The van der Waals surface area contributed by atoms with Crippen molar-refractivity contribution in [1.29, 1.82) is 0 Å². The molecule has 0 unspecified atom stereocenters. The number of nitrogens with zero attached hydrogens (tertiary/aromatic N) is 2. The average molecular weight is 488 g/mol. The SMILES string of the molecule is O=C(OCc1cc([N+](=O)[O-])cc2c1OCOC2)[C@H](Cc1ccccc1)N1C(=O)c2ccccc2C1=O. The van der Waals surface area contributed by atoms with Crippen molar-refractivity contribution in [2.75, 3.05) is 6.79 Å². The smallest absolute Gasteiger partial charge is 0.330 e. The van der Waals surface area contributed by atoms with Gasteiger partial charge in [0.05, 0.1) is 22.7 Å². The number of carbonyl (C=O) groups is 3. The number of rotatable bonds is 7. The normalized spacial score (nSPS) is 15.1. The van der Waals surface area contributed by atoms with E-state index >= 15 is 0 Å². The largest absolute Gasteiger partial charge is 0.467 e.